The van der Waals surface area contributed by atoms with Crippen molar-refractivity contribution in [2.75, 3.05) is 31.9 Å². The van der Waals surface area contributed by atoms with Crippen LogP contribution >= 0.6 is 0 Å². The lowest BCUT2D eigenvalue weighted by atomic mass is 10.1. The zero-order valence-corrected chi connectivity index (χ0v) is 18.0. The summed E-state index contributed by atoms with van der Waals surface area (Å²) in [7, 11) is -3.83. The first-order chi connectivity index (χ1) is 13.9. The van der Waals surface area contributed by atoms with Crippen molar-refractivity contribution in [2.45, 2.75) is 44.6 Å². The zero-order valence-electron chi connectivity index (χ0n) is 17.1. The van der Waals surface area contributed by atoms with E-state index in [1.807, 2.05) is 30.9 Å². The molecule has 1 aliphatic rings. The van der Waals surface area contributed by atoms with Crippen molar-refractivity contribution in [3.8, 4) is 0 Å². The number of piperidine rings is 1. The Bertz CT molecular complexity index is 987. The van der Waals surface area contributed by atoms with Crippen LogP contribution in [0.15, 0.2) is 35.4 Å². The van der Waals surface area contributed by atoms with Gasteiger partial charge in [0, 0.05) is 43.3 Å². The fourth-order valence-electron chi connectivity index (χ4n) is 3.89. The molecule has 0 N–H and O–H groups in total. The predicted octanol–water partition coefficient (Wildman–Crippen LogP) is 2.30. The van der Waals surface area contributed by atoms with Gasteiger partial charge in [-0.2, -0.15) is 0 Å². The third kappa shape index (κ3) is 4.63. The number of para-hydroxylation sites is 1. The number of hydrogen-bond donors (Lipinski definition) is 0. The van der Waals surface area contributed by atoms with Gasteiger partial charge in [-0.05, 0) is 39.2 Å². The zero-order chi connectivity index (χ0) is 21.0. The van der Waals surface area contributed by atoms with E-state index in [1.165, 1.54) is 11.1 Å². The van der Waals surface area contributed by atoms with Gasteiger partial charge in [-0.15, -0.1) is 0 Å². The Balaban J connectivity index is 1.91. The van der Waals surface area contributed by atoms with E-state index in [9.17, 15) is 18.0 Å². The lowest BCUT2D eigenvalue weighted by Crippen LogP contribution is -2.37. The van der Waals surface area contributed by atoms with E-state index in [0.717, 1.165) is 32.4 Å². The maximum atomic E-state index is 13.0. The van der Waals surface area contributed by atoms with Crippen LogP contribution in [0.25, 0.3) is 10.9 Å². The molecule has 0 saturated carbocycles. The van der Waals surface area contributed by atoms with E-state index in [1.54, 1.807) is 16.7 Å². The van der Waals surface area contributed by atoms with Gasteiger partial charge >= 0.3 is 0 Å². The number of likely N-dealkylation sites (tertiary alicyclic amines) is 1. The van der Waals surface area contributed by atoms with Gasteiger partial charge in [0.1, 0.15) is 12.3 Å². The molecule has 1 aromatic heterocycles. The molecule has 0 bridgehead atoms. The molecule has 2 heterocycles. The normalized spacial score (nSPS) is 14.9. The van der Waals surface area contributed by atoms with E-state index >= 15 is 0 Å². The fraction of sp³-hybridized carbons (Fsp3) is 0.524. The Morgan fingerprint density at radius 2 is 1.69 bits per heavy atom. The number of rotatable bonds is 7. The molecular formula is C21H29N3O4S. The minimum absolute atomic E-state index is 0.00591. The lowest BCUT2D eigenvalue weighted by Gasteiger charge is -2.27. The number of aromatic nitrogens is 1. The number of nitrogens with zero attached hydrogens (tertiary/aromatic N) is 3. The first-order valence-electron chi connectivity index (χ1n) is 10.2. The highest BCUT2D eigenvalue weighted by atomic mass is 32.2. The molecular weight excluding hydrogens is 390 g/mol. The van der Waals surface area contributed by atoms with E-state index in [-0.39, 0.29) is 17.3 Å². The Hall–Kier alpha value is -2.35. The molecule has 1 aromatic carbocycles. The molecule has 1 fully saturated rings. The average molecular weight is 420 g/mol. The number of carbonyl (C=O) groups is 2. The molecule has 1 saturated heterocycles. The molecule has 7 nitrogen and oxygen atoms in total. The minimum atomic E-state index is -3.83. The summed E-state index contributed by atoms with van der Waals surface area (Å²) in [6.07, 6.45) is 4.66. The molecule has 0 spiro atoms. The van der Waals surface area contributed by atoms with Crippen LogP contribution < -0.4 is 0 Å². The molecule has 0 aliphatic carbocycles. The summed E-state index contributed by atoms with van der Waals surface area (Å²) in [5.74, 6) is -0.979. The number of amides is 2. The maximum absolute atomic E-state index is 13.0. The van der Waals surface area contributed by atoms with Gasteiger partial charge < -0.3 is 14.4 Å². The summed E-state index contributed by atoms with van der Waals surface area (Å²) < 4.78 is 27.8. The summed E-state index contributed by atoms with van der Waals surface area (Å²) in [6.45, 7) is 6.19. The van der Waals surface area contributed by atoms with Crippen LogP contribution in [-0.4, -0.2) is 66.5 Å². The molecule has 158 valence electrons. The topological polar surface area (TPSA) is 79.7 Å². The van der Waals surface area contributed by atoms with Crippen molar-refractivity contribution in [1.29, 1.82) is 0 Å². The SMILES string of the molecule is CCN(CC)C(=O)CS(=O)(=O)c1cn(CC(=O)N2CCCCC2)c2ccccc12. The Morgan fingerprint density at radius 1 is 1.03 bits per heavy atom. The standard InChI is InChI=1S/C21H29N3O4S/c1-3-22(4-2)21(26)16-29(27,28)19-14-24(18-11-7-6-10-17(18)19)15-20(25)23-12-8-5-9-13-23/h6-7,10-11,14H,3-5,8-9,12-13,15-16H2,1-2H3. The minimum Gasteiger partial charge on any atom is -0.342 e. The quantitative estimate of drug-likeness (QED) is 0.690. The Labute approximate surface area is 172 Å². The average Bonchev–Trinajstić information content (AvgIpc) is 3.09. The van der Waals surface area contributed by atoms with Gasteiger partial charge in [0.05, 0.1) is 4.90 Å². The summed E-state index contributed by atoms with van der Waals surface area (Å²) in [6, 6.07) is 7.13. The van der Waals surface area contributed by atoms with E-state index in [0.29, 0.717) is 24.0 Å². The molecule has 0 radical (unpaired) electrons. The van der Waals surface area contributed by atoms with Crippen LogP contribution in [-0.2, 0) is 26.0 Å². The van der Waals surface area contributed by atoms with Gasteiger partial charge in [0.15, 0.2) is 9.84 Å². The first kappa shape index (κ1) is 21.4. The molecule has 0 atom stereocenters. The van der Waals surface area contributed by atoms with Gasteiger partial charge in [-0.1, -0.05) is 18.2 Å². The van der Waals surface area contributed by atoms with E-state index in [2.05, 4.69) is 0 Å². The van der Waals surface area contributed by atoms with E-state index < -0.39 is 21.5 Å². The summed E-state index contributed by atoms with van der Waals surface area (Å²) in [5.41, 5.74) is 0.687. The van der Waals surface area contributed by atoms with Crippen molar-refractivity contribution in [2.24, 2.45) is 0 Å². The molecule has 1 aliphatic heterocycles. The fourth-order valence-corrected chi connectivity index (χ4v) is 5.35. The lowest BCUT2D eigenvalue weighted by molar-refractivity contribution is -0.132. The van der Waals surface area contributed by atoms with Gasteiger partial charge in [-0.25, -0.2) is 8.42 Å². The van der Waals surface area contributed by atoms with E-state index in [4.69, 9.17) is 0 Å². The molecule has 3 rings (SSSR count). The van der Waals surface area contributed by atoms with Gasteiger partial charge in [-0.3, -0.25) is 9.59 Å². The van der Waals surface area contributed by atoms with Crippen LogP contribution in [0.3, 0.4) is 0 Å². The molecule has 8 heteroatoms. The maximum Gasteiger partial charge on any atom is 0.242 e. The van der Waals surface area contributed by atoms with Crippen molar-refractivity contribution in [3.63, 3.8) is 0 Å². The smallest absolute Gasteiger partial charge is 0.242 e. The molecule has 2 amide bonds. The van der Waals surface area contributed by atoms with Crippen LogP contribution in [0.1, 0.15) is 33.1 Å². The second-order valence-electron chi connectivity index (χ2n) is 7.40. The molecule has 2 aromatic rings. The monoisotopic (exact) mass is 419 g/mol. The second kappa shape index (κ2) is 8.98. The summed E-state index contributed by atoms with van der Waals surface area (Å²) in [5, 5.41) is 0.547. The molecule has 0 unspecified atom stereocenters. The van der Waals surface area contributed by atoms with Crippen LogP contribution in [0.4, 0.5) is 0 Å². The largest absolute Gasteiger partial charge is 0.342 e. The van der Waals surface area contributed by atoms with Crippen molar-refractivity contribution in [3.05, 3.63) is 30.5 Å². The summed E-state index contributed by atoms with van der Waals surface area (Å²) >= 11 is 0. The predicted molar refractivity (Wildman–Crippen MR) is 112 cm³/mol. The Kier molecular flexibility index (Phi) is 6.62. The molecule has 29 heavy (non-hydrogen) atoms. The number of fused-ring (bicyclic) bond motifs is 1. The van der Waals surface area contributed by atoms with Gasteiger partial charge in [0.2, 0.25) is 11.8 Å². The van der Waals surface area contributed by atoms with Crippen molar-refractivity contribution < 1.29 is 18.0 Å². The number of sulfone groups is 1. The van der Waals surface area contributed by atoms with Crippen LogP contribution in [0.2, 0.25) is 0 Å². The third-order valence-corrected chi connectivity index (χ3v) is 7.15. The van der Waals surface area contributed by atoms with Crippen LogP contribution in [0.5, 0.6) is 0 Å². The van der Waals surface area contributed by atoms with Crippen molar-refractivity contribution >= 4 is 32.6 Å². The van der Waals surface area contributed by atoms with Crippen LogP contribution in [0, 0.1) is 0 Å². The third-order valence-electron chi connectivity index (χ3n) is 5.53. The highest BCUT2D eigenvalue weighted by molar-refractivity contribution is 7.92. The Morgan fingerprint density at radius 3 is 2.34 bits per heavy atom. The number of hydrogen-bond acceptors (Lipinski definition) is 4. The number of benzene rings is 1. The highest BCUT2D eigenvalue weighted by Crippen LogP contribution is 2.27. The second-order valence-corrected chi connectivity index (χ2v) is 9.36. The summed E-state index contributed by atoms with van der Waals surface area (Å²) in [4.78, 5) is 28.6. The number of carbonyl (C=O) groups excluding carboxylic acids is 2. The van der Waals surface area contributed by atoms with Crippen molar-refractivity contribution in [1.82, 2.24) is 14.4 Å². The highest BCUT2D eigenvalue weighted by Gasteiger charge is 2.27. The first-order valence-corrected chi connectivity index (χ1v) is 11.9. The van der Waals surface area contributed by atoms with Gasteiger partial charge in [0.25, 0.3) is 0 Å².